The molecule has 1 aromatic carbocycles. The molecular formula is C17H18ClN5NaO7PS. The smallest absolute Gasteiger partial charge is 0.756 e. The third-order valence-corrected chi connectivity index (χ3v) is 7.15. The number of nitrogens with zero attached hydrogens (tertiary/aromatic N) is 4. The van der Waals surface area contributed by atoms with E-state index in [1.54, 1.807) is 16.7 Å². The maximum Gasteiger partial charge on any atom is 1.00 e. The molecule has 0 radical (unpaired) electrons. The number of aromatic nitrogens is 4. The third kappa shape index (κ3) is 5.10. The van der Waals surface area contributed by atoms with E-state index in [9.17, 15) is 9.46 Å². The molecule has 2 fully saturated rings. The van der Waals surface area contributed by atoms with Crippen LogP contribution in [0.2, 0.25) is 5.02 Å². The Bertz CT molecular complexity index is 1190. The van der Waals surface area contributed by atoms with Crippen molar-refractivity contribution in [1.29, 1.82) is 0 Å². The van der Waals surface area contributed by atoms with E-state index in [2.05, 4.69) is 15.0 Å². The molecular weight excluding hydrogens is 508 g/mol. The molecule has 33 heavy (non-hydrogen) atoms. The van der Waals surface area contributed by atoms with Crippen LogP contribution in [0.1, 0.15) is 6.23 Å². The molecule has 0 saturated carbocycles. The molecule has 4 heterocycles. The molecule has 0 bridgehead atoms. The molecule has 3 aromatic rings. The average Bonchev–Trinajstić information content (AvgIpc) is 3.26. The van der Waals surface area contributed by atoms with E-state index in [-0.39, 0.29) is 47.5 Å². The molecule has 2 aliphatic rings. The summed E-state index contributed by atoms with van der Waals surface area (Å²) in [5, 5.41) is 1.11. The van der Waals surface area contributed by atoms with E-state index in [0.29, 0.717) is 21.3 Å². The van der Waals surface area contributed by atoms with Gasteiger partial charge in [-0.15, -0.1) is 0 Å². The van der Waals surface area contributed by atoms with Crippen molar-refractivity contribution in [2.24, 2.45) is 0 Å². The van der Waals surface area contributed by atoms with Crippen LogP contribution in [0.25, 0.3) is 11.2 Å². The molecule has 172 valence electrons. The second kappa shape index (κ2) is 10.4. The van der Waals surface area contributed by atoms with Crippen molar-refractivity contribution in [2.75, 3.05) is 19.5 Å². The maximum absolute atomic E-state index is 11.8. The number of hydrogen-bond donors (Lipinski definition) is 1. The van der Waals surface area contributed by atoms with Gasteiger partial charge < -0.3 is 34.6 Å². The van der Waals surface area contributed by atoms with Crippen molar-refractivity contribution in [2.45, 2.75) is 34.6 Å². The summed E-state index contributed by atoms with van der Waals surface area (Å²) in [6, 6.07) is 7.22. The van der Waals surface area contributed by atoms with Crippen LogP contribution >= 0.6 is 31.2 Å². The van der Waals surface area contributed by atoms with Crippen molar-refractivity contribution < 1.29 is 63.0 Å². The molecule has 16 heteroatoms. The Morgan fingerprint density at radius 2 is 2.06 bits per heavy atom. The Labute approximate surface area is 219 Å². The molecule has 2 aromatic heterocycles. The topological polar surface area (TPSA) is 178 Å². The SMILES string of the molecule is COC1C2OP(=O)([O-])OCC2OC1n1c(Sc2ccc(Cl)cc2)nc2c(N)ncnc21.O.[Na+]. The summed E-state index contributed by atoms with van der Waals surface area (Å²) < 4.78 is 35.2. The van der Waals surface area contributed by atoms with Crippen LogP contribution in [0.3, 0.4) is 0 Å². The second-order valence-corrected chi connectivity index (χ2v) is 9.67. The minimum absolute atomic E-state index is 0. The van der Waals surface area contributed by atoms with Gasteiger partial charge in [0, 0.05) is 17.0 Å². The molecule has 12 nitrogen and oxygen atoms in total. The summed E-state index contributed by atoms with van der Waals surface area (Å²) in [5.41, 5.74) is 6.83. The largest absolute Gasteiger partial charge is 1.00 e. The van der Waals surface area contributed by atoms with Gasteiger partial charge in [0.1, 0.15) is 24.6 Å². The maximum atomic E-state index is 11.8. The van der Waals surface area contributed by atoms with Gasteiger partial charge in [0.05, 0.1) is 6.61 Å². The Morgan fingerprint density at radius 3 is 2.76 bits per heavy atom. The summed E-state index contributed by atoms with van der Waals surface area (Å²) in [6.45, 7) is -0.175. The summed E-state index contributed by atoms with van der Waals surface area (Å²) >= 11 is 7.33. The van der Waals surface area contributed by atoms with Crippen molar-refractivity contribution in [3.05, 3.63) is 35.6 Å². The van der Waals surface area contributed by atoms with E-state index in [1.165, 1.54) is 25.2 Å². The van der Waals surface area contributed by atoms with Crippen molar-refractivity contribution in [3.63, 3.8) is 0 Å². The number of halogens is 1. The number of nitrogen functional groups attached to an aromatic ring is 1. The number of phosphoric ester groups is 1. The number of anilines is 1. The molecule has 2 aliphatic heterocycles. The van der Waals surface area contributed by atoms with Gasteiger partial charge >= 0.3 is 29.6 Å². The van der Waals surface area contributed by atoms with Gasteiger partial charge in [0.2, 0.25) is 0 Å². The number of nitrogens with two attached hydrogens (primary N) is 1. The second-order valence-electron chi connectivity index (χ2n) is 6.83. The molecule has 5 unspecified atom stereocenters. The Morgan fingerprint density at radius 1 is 1.33 bits per heavy atom. The zero-order valence-electron chi connectivity index (χ0n) is 17.5. The van der Waals surface area contributed by atoms with Crippen molar-refractivity contribution in [3.8, 4) is 0 Å². The first-order valence-corrected chi connectivity index (χ1v) is 11.8. The predicted octanol–water partition coefficient (Wildman–Crippen LogP) is -1.81. The van der Waals surface area contributed by atoms with E-state index < -0.39 is 32.4 Å². The van der Waals surface area contributed by atoms with E-state index in [0.717, 1.165) is 4.90 Å². The summed E-state index contributed by atoms with van der Waals surface area (Å²) in [7, 11) is -2.99. The summed E-state index contributed by atoms with van der Waals surface area (Å²) in [6.07, 6.45) is -1.78. The molecule has 5 atom stereocenters. The van der Waals surface area contributed by atoms with Gasteiger partial charge in [-0.2, -0.15) is 0 Å². The minimum atomic E-state index is -4.44. The fraction of sp³-hybridized carbons (Fsp3) is 0.353. The normalized spacial score (nSPS) is 28.7. The van der Waals surface area contributed by atoms with Crippen molar-refractivity contribution in [1.82, 2.24) is 19.5 Å². The first kappa shape index (κ1) is 26.8. The number of phosphoric acid groups is 1. The van der Waals surface area contributed by atoms with Crippen molar-refractivity contribution >= 4 is 48.2 Å². The quantitative estimate of drug-likeness (QED) is 0.300. The van der Waals surface area contributed by atoms with Crippen LogP contribution in [-0.4, -0.2) is 57.0 Å². The van der Waals surface area contributed by atoms with Crippen LogP contribution in [0.5, 0.6) is 0 Å². The Balaban J connectivity index is 0.00000153. The summed E-state index contributed by atoms with van der Waals surface area (Å²) in [5.74, 6) is 0.203. The van der Waals surface area contributed by atoms with Gasteiger partial charge in [-0.25, -0.2) is 15.0 Å². The van der Waals surface area contributed by atoms with E-state index >= 15 is 0 Å². The fourth-order valence-electron chi connectivity index (χ4n) is 3.59. The van der Waals surface area contributed by atoms with Gasteiger partial charge in [-0.3, -0.25) is 9.13 Å². The predicted molar refractivity (Wildman–Crippen MR) is 112 cm³/mol. The van der Waals surface area contributed by atoms with E-state index in [4.69, 9.17) is 35.9 Å². The van der Waals surface area contributed by atoms with Crippen LogP contribution < -0.4 is 40.2 Å². The summed E-state index contributed by atoms with van der Waals surface area (Å²) in [4.78, 5) is 25.6. The molecule has 0 aliphatic carbocycles. The third-order valence-electron chi connectivity index (χ3n) is 4.96. The van der Waals surface area contributed by atoms with Gasteiger partial charge in [-0.05, 0) is 24.3 Å². The molecule has 5 rings (SSSR count). The van der Waals surface area contributed by atoms with Crippen LogP contribution in [-0.2, 0) is 23.1 Å². The van der Waals surface area contributed by atoms with Crippen LogP contribution in [0.15, 0.2) is 40.6 Å². The first-order chi connectivity index (χ1) is 14.9. The van der Waals surface area contributed by atoms with Gasteiger partial charge in [-0.1, -0.05) is 23.4 Å². The Hall–Kier alpha value is -0.800. The Kier molecular flexibility index (Phi) is 8.48. The monoisotopic (exact) mass is 525 g/mol. The standard InChI is InChI=1S/C17H17ClN5O6PS.Na.H2O/c1-26-13-12-10(6-27-30(24,25)29-12)28-16(13)23-15-11(14(19)20-7-21-15)22-17(23)31-9-4-2-8(18)3-5-9;;/h2-5,7,10,12-13,16H,6H2,1H3,(H,24,25)(H2,19,20,21);;1H2/q;+1;/p-1. The number of ether oxygens (including phenoxy) is 2. The van der Waals surface area contributed by atoms with Crippen LogP contribution in [0, 0.1) is 0 Å². The number of benzene rings is 1. The number of fused-ring (bicyclic) bond motifs is 2. The molecule has 2 saturated heterocycles. The van der Waals surface area contributed by atoms with Crippen LogP contribution in [0.4, 0.5) is 5.82 Å². The number of rotatable bonds is 4. The first-order valence-electron chi connectivity index (χ1n) is 9.10. The molecule has 0 spiro atoms. The number of imidazole rings is 1. The van der Waals surface area contributed by atoms with E-state index in [1.807, 2.05) is 12.1 Å². The van der Waals surface area contributed by atoms with Gasteiger partial charge in [0.15, 0.2) is 28.4 Å². The average molecular weight is 526 g/mol. The van der Waals surface area contributed by atoms with Gasteiger partial charge in [0.25, 0.3) is 7.82 Å². The molecule has 0 amide bonds. The minimum Gasteiger partial charge on any atom is -0.756 e. The number of methoxy groups -OCH3 is 1. The molecule has 4 N–H and O–H groups in total. The number of hydrogen-bond acceptors (Lipinski definition) is 11. The zero-order chi connectivity index (χ0) is 21.8. The fourth-order valence-corrected chi connectivity index (χ4v) is 5.57. The zero-order valence-corrected chi connectivity index (χ0v) is 21.9.